The van der Waals surface area contributed by atoms with Crippen LogP contribution < -0.4 is 10.5 Å². The highest BCUT2D eigenvalue weighted by Crippen LogP contribution is 2.25. The van der Waals surface area contributed by atoms with Crippen molar-refractivity contribution in [2.75, 3.05) is 4.72 Å². The third-order valence-electron chi connectivity index (χ3n) is 2.91. The number of nitrogens with two attached hydrogens (primary N) is 1. The van der Waals surface area contributed by atoms with E-state index < -0.39 is 15.8 Å². The molecule has 0 atom stereocenters. The zero-order chi connectivity index (χ0) is 15.6. The molecule has 0 radical (unpaired) electrons. The number of halogens is 2. The molecule has 21 heavy (non-hydrogen) atoms. The van der Waals surface area contributed by atoms with Crippen LogP contribution in [0.1, 0.15) is 11.1 Å². The van der Waals surface area contributed by atoms with Crippen LogP contribution in [0.3, 0.4) is 0 Å². The van der Waals surface area contributed by atoms with E-state index in [-0.39, 0.29) is 22.0 Å². The second kappa shape index (κ2) is 6.01. The minimum absolute atomic E-state index is 0.0519. The first-order valence-electron chi connectivity index (χ1n) is 6.11. The topological polar surface area (TPSA) is 72.2 Å². The van der Waals surface area contributed by atoms with Gasteiger partial charge in [-0.3, -0.25) is 4.72 Å². The molecule has 4 nitrogen and oxygen atoms in total. The lowest BCUT2D eigenvalue weighted by Gasteiger charge is -2.11. The summed E-state index contributed by atoms with van der Waals surface area (Å²) in [5.41, 5.74) is 7.07. The van der Waals surface area contributed by atoms with Crippen LogP contribution in [0.15, 0.2) is 41.3 Å². The van der Waals surface area contributed by atoms with E-state index in [1.165, 1.54) is 6.07 Å². The van der Waals surface area contributed by atoms with Crippen LogP contribution in [0.2, 0.25) is 5.02 Å². The summed E-state index contributed by atoms with van der Waals surface area (Å²) in [5.74, 6) is -0.816. The molecule has 0 aliphatic rings. The van der Waals surface area contributed by atoms with Crippen LogP contribution in [0.4, 0.5) is 10.1 Å². The van der Waals surface area contributed by atoms with E-state index in [2.05, 4.69) is 4.72 Å². The molecular weight excluding hydrogens is 315 g/mol. The molecule has 7 heteroatoms. The summed E-state index contributed by atoms with van der Waals surface area (Å²) in [6.07, 6.45) is 0. The van der Waals surface area contributed by atoms with Crippen molar-refractivity contribution in [3.8, 4) is 0 Å². The number of benzene rings is 2. The fourth-order valence-corrected chi connectivity index (χ4v) is 3.06. The van der Waals surface area contributed by atoms with Crippen molar-refractivity contribution in [2.45, 2.75) is 18.4 Å². The minimum Gasteiger partial charge on any atom is -0.326 e. The van der Waals surface area contributed by atoms with Gasteiger partial charge in [0.05, 0.1) is 9.92 Å². The Morgan fingerprint density at radius 1 is 1.24 bits per heavy atom. The van der Waals surface area contributed by atoms with E-state index >= 15 is 0 Å². The average Bonchev–Trinajstić information content (AvgIpc) is 2.44. The maximum atomic E-state index is 13.7. The fourth-order valence-electron chi connectivity index (χ4n) is 1.76. The predicted octanol–water partition coefficient (Wildman–Crippen LogP) is 3.05. The summed E-state index contributed by atoms with van der Waals surface area (Å²) in [4.78, 5) is -0.217. The number of aryl methyl sites for hydroxylation is 1. The number of sulfonamides is 1. The molecule has 112 valence electrons. The number of hydrogen-bond donors (Lipinski definition) is 2. The van der Waals surface area contributed by atoms with Crippen LogP contribution in [-0.2, 0) is 16.6 Å². The van der Waals surface area contributed by atoms with Crippen molar-refractivity contribution in [2.24, 2.45) is 5.73 Å². The highest BCUT2D eigenvalue weighted by atomic mass is 35.5. The Balaban J connectivity index is 2.40. The first-order valence-corrected chi connectivity index (χ1v) is 7.97. The zero-order valence-electron chi connectivity index (χ0n) is 11.2. The average molecular weight is 329 g/mol. The van der Waals surface area contributed by atoms with Crippen LogP contribution in [0, 0.1) is 12.7 Å². The van der Waals surface area contributed by atoms with E-state index in [1.54, 1.807) is 24.3 Å². The van der Waals surface area contributed by atoms with Crippen molar-refractivity contribution < 1.29 is 12.8 Å². The maximum absolute atomic E-state index is 13.7. The largest absolute Gasteiger partial charge is 0.326 e. The Morgan fingerprint density at radius 2 is 1.86 bits per heavy atom. The predicted molar refractivity (Wildman–Crippen MR) is 81.3 cm³/mol. The molecule has 0 spiro atoms. The first kappa shape index (κ1) is 15.8. The van der Waals surface area contributed by atoms with Gasteiger partial charge in [0, 0.05) is 12.2 Å². The van der Waals surface area contributed by atoms with Crippen LogP contribution in [-0.4, -0.2) is 8.42 Å². The third-order valence-corrected chi connectivity index (χ3v) is 4.70. The summed E-state index contributed by atoms with van der Waals surface area (Å²) < 4.78 is 40.6. The van der Waals surface area contributed by atoms with Gasteiger partial charge in [0.15, 0.2) is 0 Å². The molecule has 0 saturated heterocycles. The zero-order valence-corrected chi connectivity index (χ0v) is 12.8. The van der Waals surface area contributed by atoms with Gasteiger partial charge in [-0.2, -0.15) is 0 Å². The maximum Gasteiger partial charge on any atom is 0.262 e. The second-order valence-electron chi connectivity index (χ2n) is 4.55. The van der Waals surface area contributed by atoms with E-state index in [4.69, 9.17) is 17.3 Å². The number of hydrogen-bond acceptors (Lipinski definition) is 3. The van der Waals surface area contributed by atoms with Crippen LogP contribution in [0.25, 0.3) is 0 Å². The van der Waals surface area contributed by atoms with Gasteiger partial charge in [0.2, 0.25) is 0 Å². The molecule has 0 aromatic heterocycles. The lowest BCUT2D eigenvalue weighted by atomic mass is 10.2. The van der Waals surface area contributed by atoms with Gasteiger partial charge in [-0.15, -0.1) is 0 Å². The highest BCUT2D eigenvalue weighted by Gasteiger charge is 2.18. The van der Waals surface area contributed by atoms with Gasteiger partial charge < -0.3 is 5.73 Å². The van der Waals surface area contributed by atoms with Crippen LogP contribution in [0.5, 0.6) is 0 Å². The molecule has 0 fully saturated rings. The molecule has 0 amide bonds. The number of nitrogens with one attached hydrogen (secondary N) is 1. The van der Waals surface area contributed by atoms with Gasteiger partial charge in [-0.25, -0.2) is 12.8 Å². The smallest absolute Gasteiger partial charge is 0.262 e. The van der Waals surface area contributed by atoms with Crippen molar-refractivity contribution in [3.05, 3.63) is 58.4 Å². The quantitative estimate of drug-likeness (QED) is 0.906. The molecule has 0 unspecified atom stereocenters. The molecule has 2 rings (SSSR count). The lowest BCUT2D eigenvalue weighted by molar-refractivity contribution is 0.594. The molecule has 0 aliphatic carbocycles. The Morgan fingerprint density at radius 3 is 2.43 bits per heavy atom. The molecule has 3 N–H and O–H groups in total. The van der Waals surface area contributed by atoms with Crippen molar-refractivity contribution >= 4 is 27.3 Å². The van der Waals surface area contributed by atoms with Gasteiger partial charge in [-0.1, -0.05) is 29.3 Å². The van der Waals surface area contributed by atoms with Crippen molar-refractivity contribution in [1.82, 2.24) is 0 Å². The Hall–Kier alpha value is -1.63. The van der Waals surface area contributed by atoms with Gasteiger partial charge in [0.1, 0.15) is 5.82 Å². The van der Waals surface area contributed by atoms with E-state index in [0.29, 0.717) is 5.69 Å². The highest BCUT2D eigenvalue weighted by molar-refractivity contribution is 7.92. The summed E-state index contributed by atoms with van der Waals surface area (Å²) >= 11 is 5.72. The number of rotatable bonds is 4. The molecule has 0 aliphatic heterocycles. The number of anilines is 1. The van der Waals surface area contributed by atoms with E-state index in [1.807, 2.05) is 6.92 Å². The fraction of sp³-hybridized carbons (Fsp3) is 0.143. The lowest BCUT2D eigenvalue weighted by Crippen LogP contribution is -2.14. The molecule has 0 saturated carbocycles. The van der Waals surface area contributed by atoms with Gasteiger partial charge >= 0.3 is 0 Å². The molecule has 0 heterocycles. The Kier molecular flexibility index (Phi) is 4.51. The minimum atomic E-state index is -3.90. The second-order valence-corrected chi connectivity index (χ2v) is 6.61. The summed E-state index contributed by atoms with van der Waals surface area (Å²) in [6.45, 7) is 1.84. The summed E-state index contributed by atoms with van der Waals surface area (Å²) in [7, 11) is -3.90. The monoisotopic (exact) mass is 328 g/mol. The first-order chi connectivity index (χ1) is 9.83. The molecule has 0 bridgehead atoms. The summed E-state index contributed by atoms with van der Waals surface area (Å²) in [6, 6.07) is 8.93. The Labute approximate surface area is 127 Å². The molecular formula is C14H14ClFN2O2S. The van der Waals surface area contributed by atoms with Gasteiger partial charge in [-0.05, 0) is 36.8 Å². The van der Waals surface area contributed by atoms with Gasteiger partial charge in [0.25, 0.3) is 10.0 Å². The summed E-state index contributed by atoms with van der Waals surface area (Å²) in [5, 5.41) is -0.160. The standard InChI is InChI=1S/C14H14ClFN2O2S/c1-9-2-4-11(5-3-9)18-21(19,20)12-6-10(8-17)14(15)13(16)7-12/h2-7,18H,8,17H2,1H3. The third kappa shape index (κ3) is 3.53. The molecule has 2 aromatic carbocycles. The SMILES string of the molecule is Cc1ccc(NS(=O)(=O)c2cc(F)c(Cl)c(CN)c2)cc1. The van der Waals surface area contributed by atoms with E-state index in [9.17, 15) is 12.8 Å². The normalized spacial score (nSPS) is 11.4. The van der Waals surface area contributed by atoms with Crippen molar-refractivity contribution in [1.29, 1.82) is 0 Å². The molecule has 2 aromatic rings. The van der Waals surface area contributed by atoms with E-state index in [0.717, 1.165) is 11.6 Å². The van der Waals surface area contributed by atoms with Crippen molar-refractivity contribution in [3.63, 3.8) is 0 Å². The van der Waals surface area contributed by atoms with Crippen LogP contribution >= 0.6 is 11.6 Å². The Bertz CT molecular complexity index is 761.